The molecule has 5 rings (SSSR count). The number of benzene rings is 4. The Hall–Kier alpha value is -2.60. The van der Waals surface area contributed by atoms with Crippen molar-refractivity contribution < 1.29 is 0 Å². The number of hydrogen-bond acceptors (Lipinski definition) is 0. The first-order valence-corrected chi connectivity index (χ1v) is 8.64. The van der Waals surface area contributed by atoms with Crippen LogP contribution in [0.5, 0.6) is 0 Å². The Morgan fingerprint density at radius 3 is 2.38 bits per heavy atom. The Morgan fingerprint density at radius 2 is 1.50 bits per heavy atom. The molecule has 24 heavy (non-hydrogen) atoms. The van der Waals surface area contributed by atoms with Gasteiger partial charge in [-0.2, -0.15) is 0 Å². The average Bonchev–Trinajstić information content (AvgIpc) is 2.58. The van der Waals surface area contributed by atoms with Gasteiger partial charge in [-0.05, 0) is 62.0 Å². The van der Waals surface area contributed by atoms with E-state index in [4.69, 9.17) is 0 Å². The molecule has 1 aliphatic rings. The molecule has 0 radical (unpaired) electrons. The highest BCUT2D eigenvalue weighted by atomic mass is 14.3. The number of hydrogen-bond donors (Lipinski definition) is 0. The van der Waals surface area contributed by atoms with Crippen LogP contribution in [-0.2, 0) is 5.41 Å². The van der Waals surface area contributed by atoms with Gasteiger partial charge in [0.15, 0.2) is 0 Å². The van der Waals surface area contributed by atoms with Gasteiger partial charge in [0.1, 0.15) is 0 Å². The summed E-state index contributed by atoms with van der Waals surface area (Å²) in [5.41, 5.74) is 4.28. The summed E-state index contributed by atoms with van der Waals surface area (Å²) in [6.07, 6.45) is 2.42. The zero-order chi connectivity index (χ0) is 16.5. The summed E-state index contributed by atoms with van der Waals surface area (Å²) in [5, 5.41) is 8.21. The van der Waals surface area contributed by atoms with Gasteiger partial charge in [-0.1, -0.05) is 74.5 Å². The van der Waals surface area contributed by atoms with Crippen LogP contribution < -0.4 is 0 Å². The van der Waals surface area contributed by atoms with Crippen LogP contribution in [0.2, 0.25) is 0 Å². The Kier molecular flexibility index (Phi) is 2.58. The number of rotatable bonds is 0. The second-order valence-corrected chi connectivity index (χ2v) is 7.58. The Balaban J connectivity index is 2.09. The lowest BCUT2D eigenvalue weighted by atomic mass is 9.73. The third kappa shape index (κ3) is 1.69. The quantitative estimate of drug-likeness (QED) is 0.312. The van der Waals surface area contributed by atoms with Gasteiger partial charge in [-0.25, -0.2) is 0 Å². The molecule has 0 fully saturated rings. The first kappa shape index (κ1) is 13.8. The fourth-order valence-corrected chi connectivity index (χ4v) is 4.50. The summed E-state index contributed by atoms with van der Waals surface area (Å²) in [6, 6.07) is 22.4. The molecular formula is C24H20. The van der Waals surface area contributed by atoms with Crippen LogP contribution in [0.25, 0.3) is 37.9 Å². The SMILES string of the molecule is CC1=CC(C)(C)c2cc3c4ccccc4ccc3c3cccc1c23. The van der Waals surface area contributed by atoms with Crippen molar-refractivity contribution in [2.24, 2.45) is 0 Å². The number of fused-ring (bicyclic) bond motifs is 4. The average molecular weight is 308 g/mol. The molecule has 0 heterocycles. The van der Waals surface area contributed by atoms with Gasteiger partial charge in [0.2, 0.25) is 0 Å². The second-order valence-electron chi connectivity index (χ2n) is 7.58. The lowest BCUT2D eigenvalue weighted by molar-refractivity contribution is 0.675. The van der Waals surface area contributed by atoms with E-state index in [0.29, 0.717) is 0 Å². The maximum Gasteiger partial charge on any atom is 0.00878 e. The Labute approximate surface area is 142 Å². The summed E-state index contributed by atoms with van der Waals surface area (Å²) in [5.74, 6) is 0. The van der Waals surface area contributed by atoms with Crippen molar-refractivity contribution in [1.82, 2.24) is 0 Å². The first-order chi connectivity index (χ1) is 11.6. The van der Waals surface area contributed by atoms with Crippen molar-refractivity contribution in [3.63, 3.8) is 0 Å². The minimum Gasteiger partial charge on any atom is -0.0709 e. The van der Waals surface area contributed by atoms with Gasteiger partial charge in [0.05, 0.1) is 0 Å². The van der Waals surface area contributed by atoms with Crippen molar-refractivity contribution in [2.45, 2.75) is 26.2 Å². The standard InChI is InChI=1S/C24H20/c1-15-14-24(2,3)22-13-21-18-8-5-4-7-16(18)11-12-19(21)20-10-6-9-17(15)23(20)22/h4-14H,1-3H3. The maximum atomic E-state index is 2.44. The zero-order valence-corrected chi connectivity index (χ0v) is 14.4. The highest BCUT2D eigenvalue weighted by Gasteiger charge is 2.27. The summed E-state index contributed by atoms with van der Waals surface area (Å²) >= 11 is 0. The van der Waals surface area contributed by atoms with E-state index in [9.17, 15) is 0 Å². The lowest BCUT2D eigenvalue weighted by Crippen LogP contribution is -2.18. The van der Waals surface area contributed by atoms with E-state index in [1.165, 1.54) is 49.0 Å². The first-order valence-electron chi connectivity index (χ1n) is 8.64. The van der Waals surface area contributed by atoms with E-state index < -0.39 is 0 Å². The topological polar surface area (TPSA) is 0 Å². The van der Waals surface area contributed by atoms with Gasteiger partial charge in [-0.3, -0.25) is 0 Å². The van der Waals surface area contributed by atoms with Crippen LogP contribution in [0.1, 0.15) is 31.9 Å². The van der Waals surface area contributed by atoms with Crippen LogP contribution in [-0.4, -0.2) is 0 Å². The van der Waals surface area contributed by atoms with Crippen molar-refractivity contribution in [1.29, 1.82) is 0 Å². The molecule has 0 saturated carbocycles. The van der Waals surface area contributed by atoms with Crippen LogP contribution in [0.15, 0.2) is 66.7 Å². The highest BCUT2D eigenvalue weighted by Crippen LogP contribution is 2.45. The molecule has 0 N–H and O–H groups in total. The van der Waals surface area contributed by atoms with Crippen molar-refractivity contribution in [3.8, 4) is 0 Å². The van der Waals surface area contributed by atoms with Crippen LogP contribution in [0, 0.1) is 0 Å². The molecule has 1 aliphatic carbocycles. The van der Waals surface area contributed by atoms with Crippen molar-refractivity contribution >= 4 is 37.9 Å². The second kappa shape index (κ2) is 4.48. The number of allylic oxidation sites excluding steroid dienone is 2. The molecular weight excluding hydrogens is 288 g/mol. The minimum atomic E-state index is 0.0574. The van der Waals surface area contributed by atoms with E-state index in [-0.39, 0.29) is 5.41 Å². The van der Waals surface area contributed by atoms with Gasteiger partial charge in [0, 0.05) is 5.41 Å². The summed E-state index contributed by atoms with van der Waals surface area (Å²) < 4.78 is 0. The third-order valence-electron chi connectivity index (χ3n) is 5.58. The highest BCUT2D eigenvalue weighted by molar-refractivity contribution is 6.20. The molecule has 0 heteroatoms. The van der Waals surface area contributed by atoms with Gasteiger partial charge in [0.25, 0.3) is 0 Å². The predicted molar refractivity (Wildman–Crippen MR) is 106 cm³/mol. The van der Waals surface area contributed by atoms with Crippen LogP contribution >= 0.6 is 0 Å². The van der Waals surface area contributed by atoms with Gasteiger partial charge in [-0.15, -0.1) is 0 Å². The van der Waals surface area contributed by atoms with E-state index in [0.717, 1.165) is 0 Å². The predicted octanol–water partition coefficient (Wildman–Crippen LogP) is 6.84. The van der Waals surface area contributed by atoms with Crippen LogP contribution in [0.4, 0.5) is 0 Å². The summed E-state index contributed by atoms with van der Waals surface area (Å²) in [6.45, 7) is 6.90. The monoisotopic (exact) mass is 308 g/mol. The molecule has 0 amide bonds. The molecule has 0 unspecified atom stereocenters. The molecule has 0 aromatic heterocycles. The zero-order valence-electron chi connectivity index (χ0n) is 14.4. The molecule has 0 atom stereocenters. The molecule has 4 aromatic carbocycles. The maximum absolute atomic E-state index is 2.44. The summed E-state index contributed by atoms with van der Waals surface area (Å²) in [7, 11) is 0. The molecule has 0 spiro atoms. The molecule has 116 valence electrons. The minimum absolute atomic E-state index is 0.0574. The lowest BCUT2D eigenvalue weighted by Gasteiger charge is -2.31. The van der Waals surface area contributed by atoms with E-state index in [1.54, 1.807) is 0 Å². The van der Waals surface area contributed by atoms with Gasteiger partial charge >= 0.3 is 0 Å². The van der Waals surface area contributed by atoms with Crippen LogP contribution in [0.3, 0.4) is 0 Å². The molecule has 0 nitrogen and oxygen atoms in total. The van der Waals surface area contributed by atoms with E-state index >= 15 is 0 Å². The molecule has 0 saturated heterocycles. The smallest absolute Gasteiger partial charge is 0.00878 e. The van der Waals surface area contributed by atoms with E-state index in [2.05, 4.69) is 87.5 Å². The Bertz CT molecular complexity index is 1170. The summed E-state index contributed by atoms with van der Waals surface area (Å²) in [4.78, 5) is 0. The van der Waals surface area contributed by atoms with Crippen molar-refractivity contribution in [3.05, 3.63) is 77.9 Å². The fraction of sp³-hybridized carbons (Fsp3) is 0.167. The largest absolute Gasteiger partial charge is 0.0709 e. The van der Waals surface area contributed by atoms with E-state index in [1.807, 2.05) is 0 Å². The van der Waals surface area contributed by atoms with Crippen molar-refractivity contribution in [2.75, 3.05) is 0 Å². The molecule has 4 aromatic rings. The fourth-order valence-electron chi connectivity index (χ4n) is 4.50. The van der Waals surface area contributed by atoms with Gasteiger partial charge < -0.3 is 0 Å². The molecule has 0 aliphatic heterocycles. The normalized spacial score (nSPS) is 15.9. The molecule has 0 bridgehead atoms. The Morgan fingerprint density at radius 1 is 0.708 bits per heavy atom. The third-order valence-corrected chi connectivity index (χ3v) is 5.58.